The van der Waals surface area contributed by atoms with E-state index < -0.39 is 6.10 Å². The number of hydrogen-bond acceptors (Lipinski definition) is 7. The Labute approximate surface area is 161 Å². The van der Waals surface area contributed by atoms with Gasteiger partial charge in [-0.05, 0) is 31.2 Å². The van der Waals surface area contributed by atoms with Crippen LogP contribution < -0.4 is 19.1 Å². The predicted octanol–water partition coefficient (Wildman–Crippen LogP) is 3.07. The predicted molar refractivity (Wildman–Crippen MR) is 101 cm³/mol. The first-order chi connectivity index (χ1) is 13.6. The highest BCUT2D eigenvalue weighted by Gasteiger charge is 2.32. The number of nitrogens with zero attached hydrogens (tertiary/aromatic N) is 3. The van der Waals surface area contributed by atoms with Crippen LogP contribution in [0.3, 0.4) is 0 Å². The maximum absolute atomic E-state index is 12.6. The summed E-state index contributed by atoms with van der Waals surface area (Å²) < 4.78 is 21.7. The van der Waals surface area contributed by atoms with Crippen LogP contribution in [0.5, 0.6) is 17.2 Å². The molecule has 8 heteroatoms. The number of rotatable bonds is 5. The van der Waals surface area contributed by atoms with Gasteiger partial charge in [0.15, 0.2) is 6.10 Å². The van der Waals surface area contributed by atoms with Crippen molar-refractivity contribution in [1.82, 2.24) is 10.1 Å². The molecule has 1 aliphatic rings. The van der Waals surface area contributed by atoms with Crippen LogP contribution in [0.15, 0.2) is 47.0 Å². The topological polar surface area (TPSA) is 86.9 Å². The minimum Gasteiger partial charge on any atom is -0.497 e. The van der Waals surface area contributed by atoms with Gasteiger partial charge in [-0.1, -0.05) is 17.3 Å². The molecule has 1 aliphatic heterocycles. The Hall–Kier alpha value is -3.55. The maximum atomic E-state index is 12.6. The Morgan fingerprint density at radius 1 is 1.14 bits per heavy atom. The fourth-order valence-corrected chi connectivity index (χ4v) is 3.07. The second kappa shape index (κ2) is 7.22. The molecule has 28 heavy (non-hydrogen) atoms. The lowest BCUT2D eigenvalue weighted by atomic mass is 10.2. The largest absolute Gasteiger partial charge is 0.497 e. The first-order valence-corrected chi connectivity index (χ1v) is 8.72. The van der Waals surface area contributed by atoms with E-state index in [0.717, 1.165) is 0 Å². The van der Waals surface area contributed by atoms with E-state index in [1.54, 1.807) is 44.2 Å². The second-order valence-corrected chi connectivity index (χ2v) is 6.23. The van der Waals surface area contributed by atoms with Gasteiger partial charge in [-0.25, -0.2) is 0 Å². The Morgan fingerprint density at radius 2 is 1.96 bits per heavy atom. The molecule has 3 aromatic rings. The molecule has 0 saturated carbocycles. The van der Waals surface area contributed by atoms with Gasteiger partial charge in [0, 0.05) is 6.07 Å². The van der Waals surface area contributed by atoms with Crippen molar-refractivity contribution in [1.29, 1.82) is 0 Å². The monoisotopic (exact) mass is 381 g/mol. The number of benzene rings is 2. The zero-order valence-corrected chi connectivity index (χ0v) is 15.7. The summed E-state index contributed by atoms with van der Waals surface area (Å²) in [5.41, 5.74) is 1.34. The van der Waals surface area contributed by atoms with Crippen molar-refractivity contribution in [2.45, 2.75) is 19.6 Å². The minimum atomic E-state index is -0.584. The Balaban J connectivity index is 1.63. The molecule has 2 heterocycles. The molecule has 0 saturated heterocycles. The summed E-state index contributed by atoms with van der Waals surface area (Å²) >= 11 is 0. The number of carbonyl (C=O) groups excluding carboxylic acids is 1. The molecule has 8 nitrogen and oxygen atoms in total. The summed E-state index contributed by atoms with van der Waals surface area (Å²) in [7, 11) is 3.14. The van der Waals surface area contributed by atoms with Crippen LogP contribution in [-0.4, -0.2) is 36.4 Å². The van der Waals surface area contributed by atoms with Crippen LogP contribution in [0, 0.1) is 0 Å². The highest BCUT2D eigenvalue weighted by Crippen LogP contribution is 2.35. The second-order valence-electron chi connectivity index (χ2n) is 6.23. The van der Waals surface area contributed by atoms with Crippen molar-refractivity contribution >= 4 is 11.6 Å². The molecule has 0 radical (unpaired) electrons. The average molecular weight is 381 g/mol. The number of hydrogen-bond donors (Lipinski definition) is 0. The molecular weight excluding hydrogens is 362 g/mol. The minimum absolute atomic E-state index is 0.148. The molecule has 0 aliphatic carbocycles. The third kappa shape index (κ3) is 3.13. The van der Waals surface area contributed by atoms with Crippen LogP contribution in [0.4, 0.5) is 5.69 Å². The highest BCUT2D eigenvalue weighted by molar-refractivity contribution is 5.99. The smallest absolute Gasteiger partial charge is 0.268 e. The normalized spacial score (nSPS) is 15.8. The van der Waals surface area contributed by atoms with E-state index in [1.807, 2.05) is 24.3 Å². The number of amides is 1. The number of methoxy groups -OCH3 is 2. The zero-order chi connectivity index (χ0) is 19.7. The first kappa shape index (κ1) is 17.8. The Morgan fingerprint density at radius 3 is 2.75 bits per heavy atom. The van der Waals surface area contributed by atoms with E-state index >= 15 is 0 Å². The third-order valence-corrected chi connectivity index (χ3v) is 4.48. The molecular formula is C20H19N3O5. The molecule has 0 unspecified atom stereocenters. The lowest BCUT2D eigenvalue weighted by Crippen LogP contribution is -2.44. The molecule has 4 rings (SSSR count). The molecule has 2 aromatic carbocycles. The van der Waals surface area contributed by atoms with Crippen molar-refractivity contribution in [2.75, 3.05) is 19.1 Å². The van der Waals surface area contributed by atoms with E-state index in [4.69, 9.17) is 18.7 Å². The first-order valence-electron chi connectivity index (χ1n) is 8.72. The maximum Gasteiger partial charge on any atom is 0.268 e. The van der Waals surface area contributed by atoms with Crippen LogP contribution in [0.25, 0.3) is 11.4 Å². The van der Waals surface area contributed by atoms with Gasteiger partial charge in [-0.2, -0.15) is 4.98 Å². The Kier molecular flexibility index (Phi) is 4.60. The van der Waals surface area contributed by atoms with Crippen LogP contribution in [0.1, 0.15) is 12.8 Å². The van der Waals surface area contributed by atoms with Gasteiger partial charge in [0.1, 0.15) is 23.8 Å². The number of carbonyl (C=O) groups is 1. The summed E-state index contributed by atoms with van der Waals surface area (Å²) in [4.78, 5) is 18.6. The Bertz CT molecular complexity index is 1020. The highest BCUT2D eigenvalue weighted by atomic mass is 16.5. The zero-order valence-electron chi connectivity index (χ0n) is 15.7. The van der Waals surface area contributed by atoms with Gasteiger partial charge in [-0.15, -0.1) is 0 Å². The summed E-state index contributed by atoms with van der Waals surface area (Å²) in [5.74, 6) is 2.38. The van der Waals surface area contributed by atoms with Crippen LogP contribution >= 0.6 is 0 Å². The molecule has 1 aromatic heterocycles. The summed E-state index contributed by atoms with van der Waals surface area (Å²) in [6.07, 6.45) is -0.584. The summed E-state index contributed by atoms with van der Waals surface area (Å²) in [6.45, 7) is 1.86. The molecule has 1 amide bonds. The SMILES string of the molecule is COc1ccc(-c2noc(CN3C(=O)[C@@H](C)Oc4ccccc43)n2)c(OC)c1. The van der Waals surface area contributed by atoms with E-state index in [-0.39, 0.29) is 12.5 Å². The van der Waals surface area contributed by atoms with Gasteiger partial charge in [-0.3, -0.25) is 9.69 Å². The average Bonchev–Trinajstić information content (AvgIpc) is 3.19. The summed E-state index contributed by atoms with van der Waals surface area (Å²) in [5, 5.41) is 4.04. The number of fused-ring (bicyclic) bond motifs is 1. The number of anilines is 1. The number of ether oxygens (including phenoxy) is 3. The molecule has 1 atom stereocenters. The van der Waals surface area contributed by atoms with E-state index in [1.165, 1.54) is 0 Å². The van der Waals surface area contributed by atoms with Gasteiger partial charge in [0.05, 0.1) is 25.5 Å². The van der Waals surface area contributed by atoms with Crippen molar-refractivity contribution in [3.63, 3.8) is 0 Å². The van der Waals surface area contributed by atoms with Gasteiger partial charge >= 0.3 is 0 Å². The fraction of sp³-hybridized carbons (Fsp3) is 0.250. The van der Waals surface area contributed by atoms with Gasteiger partial charge < -0.3 is 18.7 Å². The third-order valence-electron chi connectivity index (χ3n) is 4.48. The van der Waals surface area contributed by atoms with Crippen LogP contribution in [-0.2, 0) is 11.3 Å². The lowest BCUT2D eigenvalue weighted by Gasteiger charge is -2.31. The molecule has 0 N–H and O–H groups in total. The molecule has 0 spiro atoms. The quantitative estimate of drug-likeness (QED) is 0.671. The van der Waals surface area contributed by atoms with Gasteiger partial charge in [0.25, 0.3) is 5.91 Å². The van der Waals surface area contributed by atoms with Crippen molar-refractivity contribution in [3.05, 3.63) is 48.4 Å². The van der Waals surface area contributed by atoms with E-state index in [0.29, 0.717) is 40.2 Å². The standard InChI is InChI=1S/C20H19N3O5/c1-12-20(24)23(15-6-4-5-7-16(15)27-12)11-18-21-19(22-28-18)14-9-8-13(25-2)10-17(14)26-3/h4-10,12H,11H2,1-3H3/t12-/m1/s1. The molecule has 144 valence electrons. The van der Waals surface area contributed by atoms with Gasteiger partial charge in [0.2, 0.25) is 11.7 Å². The van der Waals surface area contributed by atoms with E-state index in [9.17, 15) is 4.79 Å². The van der Waals surface area contributed by atoms with Crippen LogP contribution in [0.2, 0.25) is 0 Å². The molecule has 0 fully saturated rings. The van der Waals surface area contributed by atoms with Crippen molar-refractivity contribution in [2.24, 2.45) is 0 Å². The fourth-order valence-electron chi connectivity index (χ4n) is 3.07. The number of aromatic nitrogens is 2. The molecule has 0 bridgehead atoms. The van der Waals surface area contributed by atoms with E-state index in [2.05, 4.69) is 10.1 Å². The summed E-state index contributed by atoms with van der Waals surface area (Å²) in [6, 6.07) is 12.7. The lowest BCUT2D eigenvalue weighted by molar-refractivity contribution is -0.125. The van der Waals surface area contributed by atoms with Crippen molar-refractivity contribution in [3.8, 4) is 28.6 Å². The number of para-hydroxylation sites is 2. The van der Waals surface area contributed by atoms with Crippen molar-refractivity contribution < 1.29 is 23.5 Å².